The molecule has 2 aliphatic heterocycles. The molecule has 0 amide bonds. The lowest BCUT2D eigenvalue weighted by Crippen LogP contribution is -2.38. The van der Waals surface area contributed by atoms with Gasteiger partial charge in [-0.1, -0.05) is 170 Å². The topological polar surface area (TPSA) is 53.4 Å². The van der Waals surface area contributed by atoms with Crippen LogP contribution in [0.25, 0.3) is 82.4 Å². The number of para-hydroxylation sites is 2. The van der Waals surface area contributed by atoms with E-state index in [-0.39, 0.29) is 18.1 Å². The first kappa shape index (κ1) is 38.1. The standard InChI is InChI=1S/C62H45N5/c1-5-25-51-45(19-1)47-21-3-7-27-53(47)61-59(51)63-36-55(65-61)40-17-13-15-38(31-40)42-33-43(35-44(34-42)67-57-29-11-9-23-49(57)50-24-10-12-30-58(50)67)39-16-14-18-41(32-39)56-37-64-60-52-26-6-2-20-46(52)48-22-4-8-28-54(48)62(60)66-56/h1-35,55,60,62-65H,36-37H2. The van der Waals surface area contributed by atoms with Gasteiger partial charge in [0.2, 0.25) is 0 Å². The molecule has 1 aromatic heterocycles. The number of anilines is 2. The summed E-state index contributed by atoms with van der Waals surface area (Å²) in [5.74, 6) is 0. The third-order valence-electron chi connectivity index (χ3n) is 14.6. The average Bonchev–Trinajstić information content (AvgIpc) is 3.75. The maximum Gasteiger partial charge on any atom is 0.0954 e. The Hall–Kier alpha value is -8.25. The molecule has 67 heavy (non-hydrogen) atoms. The van der Waals surface area contributed by atoms with Gasteiger partial charge < -0.3 is 20.5 Å². The first-order valence-electron chi connectivity index (χ1n) is 23.5. The van der Waals surface area contributed by atoms with Crippen LogP contribution in [-0.2, 0) is 0 Å². The summed E-state index contributed by atoms with van der Waals surface area (Å²) in [6, 6.07) is 78.2. The van der Waals surface area contributed by atoms with Crippen LogP contribution in [0, 0.1) is 0 Å². The Bertz CT molecular complexity index is 3790. The average molecular weight is 860 g/mol. The summed E-state index contributed by atoms with van der Waals surface area (Å²) in [6.45, 7) is 1.47. The van der Waals surface area contributed by atoms with Crippen molar-refractivity contribution in [3.63, 3.8) is 0 Å². The van der Waals surface area contributed by atoms with Crippen molar-refractivity contribution in [2.45, 2.75) is 18.1 Å². The van der Waals surface area contributed by atoms with Gasteiger partial charge in [0.1, 0.15) is 0 Å². The largest absolute Gasteiger partial charge is 0.380 e. The van der Waals surface area contributed by atoms with Crippen molar-refractivity contribution < 1.29 is 0 Å². The summed E-state index contributed by atoms with van der Waals surface area (Å²) in [5.41, 5.74) is 19.2. The van der Waals surface area contributed by atoms with E-state index in [1.165, 1.54) is 88.0 Å². The van der Waals surface area contributed by atoms with Gasteiger partial charge in [-0.05, 0) is 109 Å². The molecule has 5 heteroatoms. The fraction of sp³-hybridized carbons (Fsp3) is 0.0806. The first-order valence-corrected chi connectivity index (χ1v) is 23.5. The molecule has 10 aromatic carbocycles. The van der Waals surface area contributed by atoms with Crippen LogP contribution in [0.4, 0.5) is 11.4 Å². The van der Waals surface area contributed by atoms with Gasteiger partial charge in [-0.25, -0.2) is 0 Å². The Morgan fingerprint density at radius 3 is 1.69 bits per heavy atom. The van der Waals surface area contributed by atoms with E-state index in [1.54, 1.807) is 0 Å². The van der Waals surface area contributed by atoms with Crippen molar-refractivity contribution in [3.8, 4) is 39.1 Å². The van der Waals surface area contributed by atoms with E-state index in [1.807, 2.05) is 0 Å². The Balaban J connectivity index is 0.890. The van der Waals surface area contributed by atoms with Gasteiger partial charge in [-0.2, -0.15) is 0 Å². The van der Waals surface area contributed by atoms with E-state index in [0.717, 1.165) is 40.3 Å². The minimum atomic E-state index is -0.00332. The summed E-state index contributed by atoms with van der Waals surface area (Å²) in [5, 5.41) is 19.3. The first-order chi connectivity index (χ1) is 33.2. The smallest absolute Gasteiger partial charge is 0.0954 e. The normalized spacial score (nSPS) is 17.3. The summed E-state index contributed by atoms with van der Waals surface area (Å²) in [6.07, 6.45) is 0. The van der Waals surface area contributed by atoms with Gasteiger partial charge in [0.25, 0.3) is 0 Å². The Labute approximate surface area is 389 Å². The highest BCUT2D eigenvalue weighted by Crippen LogP contribution is 2.48. The molecule has 0 spiro atoms. The van der Waals surface area contributed by atoms with Crippen LogP contribution >= 0.6 is 0 Å². The van der Waals surface area contributed by atoms with Crippen LogP contribution in [0.5, 0.6) is 0 Å². The Morgan fingerprint density at radius 1 is 0.433 bits per heavy atom. The predicted molar refractivity (Wildman–Crippen MR) is 280 cm³/mol. The minimum absolute atomic E-state index is 0.00332. The maximum atomic E-state index is 5.58. The number of fused-ring (bicyclic) bond motifs is 15. The number of hydrogen-bond acceptors (Lipinski definition) is 4. The SMILES string of the molecule is c1cc(C2=NC3c4ccccc4-c4ccccc4C3NC2)cc(-c2cc(-c3cccc(C4CNc5c(c6ccccc6c6ccccc56)N4)c3)cc(-n3c4ccccc4c4ccccc43)c2)c1. The predicted octanol–water partition coefficient (Wildman–Crippen LogP) is 14.9. The molecule has 5 nitrogen and oxygen atoms in total. The fourth-order valence-corrected chi connectivity index (χ4v) is 11.5. The molecule has 0 bridgehead atoms. The van der Waals surface area contributed by atoms with Crippen LogP contribution in [0.2, 0.25) is 0 Å². The van der Waals surface area contributed by atoms with E-state index in [4.69, 9.17) is 4.99 Å². The number of nitrogens with one attached hydrogen (secondary N) is 3. The molecule has 318 valence electrons. The highest BCUT2D eigenvalue weighted by Gasteiger charge is 2.36. The molecule has 0 radical (unpaired) electrons. The zero-order chi connectivity index (χ0) is 44.0. The number of nitrogens with zero attached hydrogens (tertiary/aromatic N) is 2. The minimum Gasteiger partial charge on any atom is -0.380 e. The van der Waals surface area contributed by atoms with Crippen LogP contribution in [0.15, 0.2) is 217 Å². The fourth-order valence-electron chi connectivity index (χ4n) is 11.5. The molecule has 3 unspecified atom stereocenters. The highest BCUT2D eigenvalue weighted by atomic mass is 15.1. The lowest BCUT2D eigenvalue weighted by molar-refractivity contribution is 0.457. The summed E-state index contributed by atoms with van der Waals surface area (Å²) < 4.78 is 2.44. The van der Waals surface area contributed by atoms with Crippen molar-refractivity contribution in [1.82, 2.24) is 9.88 Å². The molecule has 0 saturated heterocycles. The molecular weight excluding hydrogens is 815 g/mol. The van der Waals surface area contributed by atoms with E-state index in [2.05, 4.69) is 233 Å². The Morgan fingerprint density at radius 2 is 0.970 bits per heavy atom. The second-order valence-corrected chi connectivity index (χ2v) is 18.3. The van der Waals surface area contributed by atoms with E-state index in [0.29, 0.717) is 6.54 Å². The van der Waals surface area contributed by atoms with Gasteiger partial charge in [0, 0.05) is 40.3 Å². The molecule has 0 fully saturated rings. The van der Waals surface area contributed by atoms with Crippen molar-refractivity contribution in [2.24, 2.45) is 4.99 Å². The number of aromatic nitrogens is 1. The number of hydrogen-bond donors (Lipinski definition) is 3. The second-order valence-electron chi connectivity index (χ2n) is 18.3. The van der Waals surface area contributed by atoms with Gasteiger partial charge in [0.15, 0.2) is 0 Å². The van der Waals surface area contributed by atoms with Gasteiger partial charge in [0.05, 0.1) is 46.2 Å². The maximum absolute atomic E-state index is 5.58. The molecular formula is C62H45N5. The zero-order valence-corrected chi connectivity index (χ0v) is 36.7. The Kier molecular flexibility index (Phi) is 8.61. The lowest BCUT2D eigenvalue weighted by atomic mass is 9.78. The quantitative estimate of drug-likeness (QED) is 0.151. The molecule has 1 aliphatic carbocycles. The number of aliphatic imine (C=N–C) groups is 1. The number of benzene rings is 10. The van der Waals surface area contributed by atoms with Crippen molar-refractivity contribution in [1.29, 1.82) is 0 Å². The molecule has 3 heterocycles. The van der Waals surface area contributed by atoms with Crippen molar-refractivity contribution >= 4 is 60.4 Å². The second kappa shape index (κ2) is 15.2. The summed E-state index contributed by atoms with van der Waals surface area (Å²) in [7, 11) is 0. The van der Waals surface area contributed by atoms with Crippen LogP contribution in [0.3, 0.4) is 0 Å². The summed E-state index contributed by atoms with van der Waals surface area (Å²) in [4.78, 5) is 5.58. The van der Waals surface area contributed by atoms with E-state index >= 15 is 0 Å². The van der Waals surface area contributed by atoms with Crippen LogP contribution in [0.1, 0.15) is 40.4 Å². The summed E-state index contributed by atoms with van der Waals surface area (Å²) >= 11 is 0. The van der Waals surface area contributed by atoms with Crippen LogP contribution in [-0.4, -0.2) is 23.4 Å². The molecule has 3 aliphatic rings. The van der Waals surface area contributed by atoms with E-state index < -0.39 is 0 Å². The van der Waals surface area contributed by atoms with Gasteiger partial charge >= 0.3 is 0 Å². The molecule has 11 aromatic rings. The van der Waals surface area contributed by atoms with Gasteiger partial charge in [-0.15, -0.1) is 0 Å². The molecule has 14 rings (SSSR count). The monoisotopic (exact) mass is 859 g/mol. The third-order valence-corrected chi connectivity index (χ3v) is 14.6. The van der Waals surface area contributed by atoms with E-state index in [9.17, 15) is 0 Å². The van der Waals surface area contributed by atoms with Crippen molar-refractivity contribution in [3.05, 3.63) is 235 Å². The third kappa shape index (κ3) is 6.08. The van der Waals surface area contributed by atoms with Crippen molar-refractivity contribution in [2.75, 3.05) is 23.7 Å². The van der Waals surface area contributed by atoms with Crippen LogP contribution < -0.4 is 16.0 Å². The molecule has 3 N–H and O–H groups in total. The zero-order valence-electron chi connectivity index (χ0n) is 36.7. The number of rotatable bonds is 5. The van der Waals surface area contributed by atoms with Gasteiger partial charge in [-0.3, -0.25) is 4.99 Å². The molecule has 0 saturated carbocycles. The highest BCUT2D eigenvalue weighted by molar-refractivity contribution is 6.20. The molecule has 3 atom stereocenters. The lowest BCUT2D eigenvalue weighted by Gasteiger charge is -2.37.